The van der Waals surface area contributed by atoms with Gasteiger partial charge in [-0.15, -0.1) is 0 Å². The number of amides is 1. The Bertz CT molecular complexity index is 845. The van der Waals surface area contributed by atoms with Crippen LogP contribution in [0.4, 0.5) is 0 Å². The minimum Gasteiger partial charge on any atom is -0.489 e. The lowest BCUT2D eigenvalue weighted by molar-refractivity contribution is -0.130. The molecular formula is C26H37Cl2N3O2. The van der Waals surface area contributed by atoms with Crippen LogP contribution in [0.15, 0.2) is 42.5 Å². The molecule has 0 bridgehead atoms. The molecule has 0 radical (unpaired) electrons. The fourth-order valence-corrected chi connectivity index (χ4v) is 4.17. The third-order valence-electron chi connectivity index (χ3n) is 5.77. The molecule has 0 saturated carbocycles. The van der Waals surface area contributed by atoms with Crippen molar-refractivity contribution in [2.75, 3.05) is 40.3 Å². The molecule has 33 heavy (non-hydrogen) atoms. The summed E-state index contributed by atoms with van der Waals surface area (Å²) < 4.78 is 6.31. The SMILES string of the molecule is CCC(CN(C)C)Oc1cc(Cl)ccc1C1CCN(C(=O)CN)CC1.Cc1ccc(Cl)cc1. The average molecular weight is 495 g/mol. The lowest BCUT2D eigenvalue weighted by Crippen LogP contribution is -2.41. The third kappa shape index (κ3) is 9.17. The van der Waals surface area contributed by atoms with E-state index in [0.717, 1.165) is 49.7 Å². The number of likely N-dealkylation sites (tertiary alicyclic amines) is 1. The number of rotatable bonds is 7. The number of nitrogens with zero attached hydrogens (tertiary/aromatic N) is 2. The normalized spacial score (nSPS) is 15.1. The number of halogens is 2. The largest absolute Gasteiger partial charge is 0.489 e. The van der Waals surface area contributed by atoms with E-state index < -0.39 is 0 Å². The summed E-state index contributed by atoms with van der Waals surface area (Å²) >= 11 is 11.8. The lowest BCUT2D eigenvalue weighted by Gasteiger charge is -2.33. The van der Waals surface area contributed by atoms with E-state index >= 15 is 0 Å². The van der Waals surface area contributed by atoms with Crippen molar-refractivity contribution >= 4 is 29.1 Å². The Labute approximate surface area is 208 Å². The predicted molar refractivity (Wildman–Crippen MR) is 139 cm³/mol. The summed E-state index contributed by atoms with van der Waals surface area (Å²) in [5.41, 5.74) is 7.91. The van der Waals surface area contributed by atoms with Gasteiger partial charge in [0.05, 0.1) is 6.54 Å². The van der Waals surface area contributed by atoms with Gasteiger partial charge in [-0.1, -0.05) is 53.9 Å². The molecule has 1 unspecified atom stereocenters. The maximum atomic E-state index is 11.8. The molecule has 182 valence electrons. The predicted octanol–water partition coefficient (Wildman–Crippen LogP) is 5.37. The van der Waals surface area contributed by atoms with Gasteiger partial charge in [-0.3, -0.25) is 4.79 Å². The lowest BCUT2D eigenvalue weighted by atomic mass is 9.88. The summed E-state index contributed by atoms with van der Waals surface area (Å²) in [4.78, 5) is 15.8. The Hall–Kier alpha value is -1.79. The van der Waals surface area contributed by atoms with Crippen LogP contribution in [0.1, 0.15) is 43.2 Å². The van der Waals surface area contributed by atoms with Gasteiger partial charge in [0, 0.05) is 29.7 Å². The third-order valence-corrected chi connectivity index (χ3v) is 6.25. The zero-order chi connectivity index (χ0) is 24.4. The standard InChI is InChI=1S/C19H30ClN3O2.C7H7Cl/c1-4-16(13-22(2)3)25-18-11-15(20)5-6-17(18)14-7-9-23(10-8-14)19(24)12-21;1-6-2-4-7(8)5-3-6/h5-6,11,14,16H,4,7-10,12-13,21H2,1-3H3;2-5H,1H3. The topological polar surface area (TPSA) is 58.8 Å². The number of benzene rings is 2. The van der Waals surface area contributed by atoms with E-state index in [-0.39, 0.29) is 18.6 Å². The fourth-order valence-electron chi connectivity index (χ4n) is 3.89. The van der Waals surface area contributed by atoms with E-state index in [1.807, 2.05) is 48.2 Å². The first-order chi connectivity index (χ1) is 15.7. The number of aryl methyl sites for hydroxylation is 1. The second-order valence-electron chi connectivity index (χ2n) is 8.75. The second-order valence-corrected chi connectivity index (χ2v) is 9.62. The molecule has 2 aromatic rings. The Balaban J connectivity index is 0.000000405. The molecule has 7 heteroatoms. The molecule has 0 spiro atoms. The fraction of sp³-hybridized carbons (Fsp3) is 0.500. The van der Waals surface area contributed by atoms with E-state index in [1.54, 1.807) is 0 Å². The van der Waals surface area contributed by atoms with Crippen molar-refractivity contribution in [3.8, 4) is 5.75 Å². The van der Waals surface area contributed by atoms with Crippen LogP contribution in [0.3, 0.4) is 0 Å². The van der Waals surface area contributed by atoms with Crippen molar-refractivity contribution in [3.63, 3.8) is 0 Å². The van der Waals surface area contributed by atoms with Gasteiger partial charge in [0.1, 0.15) is 11.9 Å². The number of hydrogen-bond acceptors (Lipinski definition) is 4. The van der Waals surface area contributed by atoms with Crippen LogP contribution < -0.4 is 10.5 Å². The highest BCUT2D eigenvalue weighted by molar-refractivity contribution is 6.30. The Morgan fingerprint density at radius 3 is 2.24 bits per heavy atom. The number of ether oxygens (including phenoxy) is 1. The summed E-state index contributed by atoms with van der Waals surface area (Å²) in [5.74, 6) is 1.29. The van der Waals surface area contributed by atoms with Crippen LogP contribution >= 0.6 is 23.2 Å². The maximum absolute atomic E-state index is 11.8. The van der Waals surface area contributed by atoms with Crippen LogP contribution in [0.5, 0.6) is 5.75 Å². The number of likely N-dealkylation sites (N-methyl/N-ethyl adjacent to an activating group) is 1. The van der Waals surface area contributed by atoms with Crippen LogP contribution in [0.25, 0.3) is 0 Å². The highest BCUT2D eigenvalue weighted by Gasteiger charge is 2.26. The molecule has 3 rings (SSSR count). The van der Waals surface area contributed by atoms with Gasteiger partial charge in [-0.2, -0.15) is 0 Å². The first-order valence-electron chi connectivity index (χ1n) is 11.5. The van der Waals surface area contributed by atoms with Crippen molar-refractivity contribution in [2.45, 2.75) is 45.1 Å². The van der Waals surface area contributed by atoms with Gasteiger partial charge < -0.3 is 20.3 Å². The Morgan fingerprint density at radius 1 is 1.12 bits per heavy atom. The van der Waals surface area contributed by atoms with Crippen LogP contribution in [-0.4, -0.2) is 62.1 Å². The van der Waals surface area contributed by atoms with E-state index in [2.05, 4.69) is 32.0 Å². The van der Waals surface area contributed by atoms with E-state index in [1.165, 1.54) is 11.1 Å². The van der Waals surface area contributed by atoms with Crippen LogP contribution in [-0.2, 0) is 4.79 Å². The van der Waals surface area contributed by atoms with Crippen molar-refractivity contribution in [1.82, 2.24) is 9.80 Å². The van der Waals surface area contributed by atoms with Gasteiger partial charge >= 0.3 is 0 Å². The monoisotopic (exact) mass is 493 g/mol. The smallest absolute Gasteiger partial charge is 0.236 e. The molecule has 1 amide bonds. The van der Waals surface area contributed by atoms with Crippen molar-refractivity contribution in [1.29, 1.82) is 0 Å². The number of hydrogen-bond donors (Lipinski definition) is 1. The van der Waals surface area contributed by atoms with Crippen molar-refractivity contribution < 1.29 is 9.53 Å². The summed E-state index contributed by atoms with van der Waals surface area (Å²) in [5, 5.41) is 1.49. The summed E-state index contributed by atoms with van der Waals surface area (Å²) in [7, 11) is 4.10. The molecule has 1 heterocycles. The number of nitrogens with two attached hydrogens (primary N) is 1. The number of carbonyl (C=O) groups is 1. The Morgan fingerprint density at radius 2 is 1.73 bits per heavy atom. The molecule has 1 saturated heterocycles. The molecule has 1 fully saturated rings. The molecule has 2 aromatic carbocycles. The molecule has 0 aromatic heterocycles. The van der Waals surface area contributed by atoms with Gasteiger partial charge in [-0.25, -0.2) is 0 Å². The molecule has 2 N–H and O–H groups in total. The zero-order valence-corrected chi connectivity index (χ0v) is 21.7. The number of piperidine rings is 1. The number of carbonyl (C=O) groups excluding carboxylic acids is 1. The van der Waals surface area contributed by atoms with Crippen LogP contribution in [0.2, 0.25) is 10.0 Å². The molecular weight excluding hydrogens is 457 g/mol. The molecule has 1 aliphatic rings. The second kappa shape index (κ2) is 13.8. The summed E-state index contributed by atoms with van der Waals surface area (Å²) in [6.45, 7) is 6.62. The molecule has 1 aliphatic heterocycles. The summed E-state index contributed by atoms with van der Waals surface area (Å²) in [6, 6.07) is 13.7. The van der Waals surface area contributed by atoms with Crippen molar-refractivity contribution in [3.05, 3.63) is 63.6 Å². The average Bonchev–Trinajstić information content (AvgIpc) is 2.80. The van der Waals surface area contributed by atoms with Crippen molar-refractivity contribution in [2.24, 2.45) is 5.73 Å². The zero-order valence-electron chi connectivity index (χ0n) is 20.2. The van der Waals surface area contributed by atoms with Gasteiger partial charge in [-0.05, 0) is 76.0 Å². The van der Waals surface area contributed by atoms with Gasteiger partial charge in [0.15, 0.2) is 0 Å². The maximum Gasteiger partial charge on any atom is 0.236 e. The molecule has 0 aliphatic carbocycles. The highest BCUT2D eigenvalue weighted by atomic mass is 35.5. The Kier molecular flexibility index (Phi) is 11.5. The first kappa shape index (κ1) is 27.5. The highest BCUT2D eigenvalue weighted by Crippen LogP contribution is 2.36. The minimum absolute atomic E-state index is 0.0306. The van der Waals surface area contributed by atoms with Crippen LogP contribution in [0, 0.1) is 6.92 Å². The van der Waals surface area contributed by atoms with E-state index in [0.29, 0.717) is 10.9 Å². The summed E-state index contributed by atoms with van der Waals surface area (Å²) in [6.07, 6.45) is 2.92. The quantitative estimate of drug-likeness (QED) is 0.562. The van der Waals surface area contributed by atoms with Gasteiger partial charge in [0.25, 0.3) is 0 Å². The minimum atomic E-state index is 0.0306. The molecule has 1 atom stereocenters. The van der Waals surface area contributed by atoms with E-state index in [9.17, 15) is 4.79 Å². The van der Waals surface area contributed by atoms with E-state index in [4.69, 9.17) is 33.7 Å². The first-order valence-corrected chi connectivity index (χ1v) is 12.3. The molecule has 5 nitrogen and oxygen atoms in total. The van der Waals surface area contributed by atoms with Gasteiger partial charge in [0.2, 0.25) is 5.91 Å².